The number of hydrogen-bond donors (Lipinski definition) is 0. The lowest BCUT2D eigenvalue weighted by atomic mass is 9.60. The molecule has 5 aliphatic heterocycles. The molecule has 126 heavy (non-hydrogen) atoms. The molecule has 1 aromatic carbocycles. The van der Waals surface area contributed by atoms with E-state index in [1.807, 2.05) is 13.8 Å². The van der Waals surface area contributed by atoms with Gasteiger partial charge in [-0.15, -0.1) is 0 Å². The maximum Gasteiger partial charge on any atom is 0.189 e. The summed E-state index contributed by atoms with van der Waals surface area (Å²) in [5.74, 6) is 6.18. The molecule has 0 spiro atoms. The van der Waals surface area contributed by atoms with Gasteiger partial charge in [-0.05, 0) is 185 Å². The van der Waals surface area contributed by atoms with Crippen molar-refractivity contribution in [1.82, 2.24) is 0 Å². The van der Waals surface area contributed by atoms with Crippen molar-refractivity contribution in [3.05, 3.63) is 35.4 Å². The molecule has 25 nitrogen and oxygen atoms in total. The molecule has 5 saturated heterocycles. The van der Waals surface area contributed by atoms with Gasteiger partial charge in [0, 0.05) is 149 Å². The monoisotopic (exact) mass is 1810 g/mol. The zero-order valence-electron chi connectivity index (χ0n) is 85.9. The second-order valence-electron chi connectivity index (χ2n) is 36.6. The molecule has 20 atom stereocenters. The van der Waals surface area contributed by atoms with E-state index in [0.717, 1.165) is 58.2 Å². The van der Waals surface area contributed by atoms with E-state index in [2.05, 4.69) is 93.5 Å². The largest absolute Gasteiger partial charge is 0.378 e. The van der Waals surface area contributed by atoms with Crippen molar-refractivity contribution in [2.24, 2.45) is 51.2 Å². The first-order valence-electron chi connectivity index (χ1n) is 48.6. The molecule has 10 fully saturated rings. The van der Waals surface area contributed by atoms with Crippen LogP contribution in [0.15, 0.2) is 24.3 Å². The van der Waals surface area contributed by atoms with E-state index in [1.54, 1.807) is 161 Å². The van der Waals surface area contributed by atoms with Gasteiger partial charge in [0.05, 0.1) is 32.5 Å². The first-order chi connectivity index (χ1) is 60.9. The van der Waals surface area contributed by atoms with E-state index in [4.69, 9.17) is 118 Å². The quantitative estimate of drug-likeness (QED) is 0.0672. The van der Waals surface area contributed by atoms with Crippen LogP contribution >= 0.6 is 0 Å². The van der Waals surface area contributed by atoms with Crippen LogP contribution in [0.25, 0.3) is 0 Å². The fourth-order valence-corrected chi connectivity index (χ4v) is 21.5. The molecule has 0 radical (unpaired) electrons. The highest BCUT2D eigenvalue weighted by Crippen LogP contribution is 2.53. The van der Waals surface area contributed by atoms with Crippen molar-refractivity contribution in [3.8, 4) is 0 Å². The minimum Gasteiger partial charge on any atom is -0.378 e. The summed E-state index contributed by atoms with van der Waals surface area (Å²) in [4.78, 5) is 0. The van der Waals surface area contributed by atoms with E-state index in [-0.39, 0.29) is 91.7 Å². The molecule has 0 bridgehead atoms. The van der Waals surface area contributed by atoms with Crippen LogP contribution in [-0.4, -0.2) is 292 Å². The van der Waals surface area contributed by atoms with Crippen LogP contribution in [0.5, 0.6) is 0 Å². The maximum absolute atomic E-state index is 5.55. The number of rotatable bonds is 31. The number of benzene rings is 1. The third-order valence-corrected chi connectivity index (χ3v) is 31.5. The minimum atomic E-state index is -0.536. The molecular weight excluding hydrogens is 1610 g/mol. The van der Waals surface area contributed by atoms with Gasteiger partial charge in [0.1, 0.15) is 79.4 Å². The van der Waals surface area contributed by atoms with E-state index >= 15 is 0 Å². The van der Waals surface area contributed by atoms with Gasteiger partial charge in [0.15, 0.2) is 37.7 Å². The summed E-state index contributed by atoms with van der Waals surface area (Å²) in [5.41, 5.74) is 5.79. The summed E-state index contributed by atoms with van der Waals surface area (Å²) in [7, 11) is 32.1. The van der Waals surface area contributed by atoms with Crippen LogP contribution in [0.1, 0.15) is 279 Å². The third kappa shape index (κ3) is 35.1. The van der Waals surface area contributed by atoms with Crippen molar-refractivity contribution >= 4 is 0 Å². The van der Waals surface area contributed by atoms with Gasteiger partial charge in [-0.3, -0.25) is 0 Å². The summed E-state index contributed by atoms with van der Waals surface area (Å²) >= 11 is 0. The second-order valence-corrected chi connectivity index (χ2v) is 36.6. The summed E-state index contributed by atoms with van der Waals surface area (Å²) in [5, 5.41) is 0. The van der Waals surface area contributed by atoms with Gasteiger partial charge < -0.3 is 118 Å². The van der Waals surface area contributed by atoms with Crippen molar-refractivity contribution in [3.63, 3.8) is 0 Å². The molecule has 4 unspecified atom stereocenters. The van der Waals surface area contributed by atoms with Gasteiger partial charge in [0.2, 0.25) is 0 Å². The molecular formula is C101H192O25. The Kier molecular flexibility index (Phi) is 61.1. The Balaban J connectivity index is 0.000000372. The van der Waals surface area contributed by atoms with Crippen LogP contribution in [-0.2, 0) is 118 Å². The molecule has 0 N–H and O–H groups in total. The second kappa shape index (κ2) is 65.0. The van der Waals surface area contributed by atoms with Crippen molar-refractivity contribution < 1.29 is 118 Å². The smallest absolute Gasteiger partial charge is 0.189 e. The molecule has 0 aromatic heterocycles. The topological polar surface area (TPSA) is 231 Å². The standard InChI is InChI=1S/C20H38.C17H32.C17H26.C10H20O6.3C9H18O5.C8H16O4.C2H6/c1-5-19(6-2)13-9-17(10-14-19)18-11-15-20(7-3,8-4)16-12-18;2*1-4-17(5-2)12-10-16(11-13-17)15-8-6-14(3)7-9-15;1-11-6-7(12-2)9(14-4)16-10(15-5)8(6)13-3;3*1-10-6-5-14-9(13-4)8(12-3)7(6)11-2;1-9-6-4-8(11-3)12-5-7(6)10-2;1-2/h17-18H,5-16H2,1-4H3;14-16H,4-13H2,1-3H3;6-9,16H,4-5,10-13H2,1-3H3;6-10H,1-5H3;3*6-9H,5H2,1-4H3;6-8H,4-5H2,1-3H3;1-2H3/t;;;6?,7-,8+,9-,10-;6-,7+,8-,9?;6-,7-,8+,9?;6-,7-,8+,9-;6-,7+,8?;/m...01110./s1. The molecule has 10 aliphatic rings. The molecule has 746 valence electrons. The van der Waals surface area contributed by atoms with Gasteiger partial charge >= 0.3 is 0 Å². The van der Waals surface area contributed by atoms with Gasteiger partial charge in [0.25, 0.3) is 0 Å². The molecule has 25 heteroatoms. The van der Waals surface area contributed by atoms with Crippen LogP contribution in [0.2, 0.25) is 0 Å². The SMILES string of the molecule is CC.CCC1(CC)CCC(C2CCC(C)CC2)CC1.CCC1(CC)CCC(C2CCC(CC)(CC)CC2)CC1.CCC1(CC)CCC(c2ccc(C)cc2)CC1.COC1C[C@H](OC)[C@H](OC)CO1.COC1OC[C@@H](OC)[C@@H](OC)[C@@H]1OC.COC1OC[C@@H](OC)[C@H](OC)[C@H]1OC.COC1[C@@H](OC)[C@@H](OC)O[C@H](OC)[C@H]1OC.CO[C@@H]1OC[C@@H](OC)[C@@H](OC)[C@@H]1OC. The Morgan fingerprint density at radius 1 is 0.262 bits per heavy atom. The zero-order valence-corrected chi connectivity index (χ0v) is 85.9. The average Bonchev–Trinajstić information content (AvgIpc) is 0.781. The number of aryl methyl sites for hydroxylation is 1. The van der Waals surface area contributed by atoms with E-state index in [1.165, 1.54) is 173 Å². The Morgan fingerprint density at radius 3 is 0.762 bits per heavy atom. The Labute approximate surface area is 768 Å². The van der Waals surface area contributed by atoms with Crippen LogP contribution in [0, 0.1) is 58.2 Å². The molecule has 0 amide bonds. The number of ether oxygens (including phenoxy) is 25. The predicted octanol–water partition coefficient (Wildman–Crippen LogP) is 19.8. The first-order valence-corrected chi connectivity index (χ1v) is 48.6. The summed E-state index contributed by atoms with van der Waals surface area (Å²) < 4.78 is 132. The van der Waals surface area contributed by atoms with E-state index < -0.39 is 31.5 Å². The summed E-state index contributed by atoms with van der Waals surface area (Å²) in [6.45, 7) is 29.7. The van der Waals surface area contributed by atoms with Gasteiger partial charge in [-0.2, -0.15) is 0 Å². The third-order valence-electron chi connectivity index (χ3n) is 31.5. The minimum absolute atomic E-state index is 0.0291. The van der Waals surface area contributed by atoms with Crippen LogP contribution in [0.3, 0.4) is 0 Å². The number of hydrogen-bond acceptors (Lipinski definition) is 25. The summed E-state index contributed by atoms with van der Waals surface area (Å²) in [6, 6.07) is 9.20. The highest BCUT2D eigenvalue weighted by molar-refractivity contribution is 5.25. The van der Waals surface area contributed by atoms with Gasteiger partial charge in [-0.1, -0.05) is 170 Å². The average molecular weight is 1810 g/mol. The fraction of sp³-hybridized carbons (Fsp3) is 0.941. The molecule has 1 aromatic rings. The Bertz CT molecular complexity index is 2530. The molecule has 11 rings (SSSR count). The van der Waals surface area contributed by atoms with Crippen LogP contribution < -0.4 is 0 Å². The molecule has 5 aliphatic carbocycles. The van der Waals surface area contributed by atoms with Crippen molar-refractivity contribution in [1.29, 1.82) is 0 Å². The lowest BCUT2D eigenvalue weighted by Crippen LogP contribution is -2.60. The van der Waals surface area contributed by atoms with Crippen molar-refractivity contribution in [2.45, 2.75) is 398 Å². The highest BCUT2D eigenvalue weighted by Gasteiger charge is 2.49. The highest BCUT2D eigenvalue weighted by atomic mass is 16.8. The normalized spacial score (nSPS) is 33.3. The van der Waals surface area contributed by atoms with E-state index in [9.17, 15) is 0 Å². The van der Waals surface area contributed by atoms with E-state index in [0.29, 0.717) is 31.8 Å². The fourth-order valence-electron chi connectivity index (χ4n) is 21.5. The zero-order chi connectivity index (χ0) is 94.0. The van der Waals surface area contributed by atoms with Gasteiger partial charge in [-0.25, -0.2) is 0 Å². The van der Waals surface area contributed by atoms with Crippen molar-refractivity contribution in [2.75, 3.05) is 169 Å². The van der Waals surface area contributed by atoms with Crippen LogP contribution in [0.4, 0.5) is 0 Å². The lowest BCUT2D eigenvalue weighted by Gasteiger charge is -2.46. The predicted molar refractivity (Wildman–Crippen MR) is 498 cm³/mol. The maximum atomic E-state index is 5.55. The lowest BCUT2D eigenvalue weighted by molar-refractivity contribution is -0.349. The first kappa shape index (κ1) is 118. The Morgan fingerprint density at radius 2 is 0.516 bits per heavy atom. The molecule has 5 heterocycles. The molecule has 5 saturated carbocycles. The Hall–Kier alpha value is -1.78. The summed E-state index contributed by atoms with van der Waals surface area (Å²) in [6.07, 6.45) is 37.1. The number of methoxy groups -OCH3 is 20.